The second kappa shape index (κ2) is 6.54. The smallest absolute Gasteiger partial charge is 0.333 e. The Morgan fingerprint density at radius 1 is 1.43 bits per heavy atom. The summed E-state index contributed by atoms with van der Waals surface area (Å²) < 4.78 is 5.42. The molecule has 0 bridgehead atoms. The summed E-state index contributed by atoms with van der Waals surface area (Å²) in [6.07, 6.45) is 0.412. The number of carbonyl (C=O) groups excluding carboxylic acids is 1. The van der Waals surface area contributed by atoms with E-state index >= 15 is 0 Å². The van der Waals surface area contributed by atoms with Gasteiger partial charge in [0.1, 0.15) is 6.10 Å². The molecule has 21 heavy (non-hydrogen) atoms. The number of anilines is 1. The van der Waals surface area contributed by atoms with Crippen LogP contribution in [0.1, 0.15) is 13.3 Å². The van der Waals surface area contributed by atoms with Crippen LogP contribution in [0.5, 0.6) is 0 Å². The summed E-state index contributed by atoms with van der Waals surface area (Å²) in [5.41, 5.74) is 0.748. The third-order valence-corrected chi connectivity index (χ3v) is 3.58. The number of nitrogens with zero attached hydrogens (tertiary/aromatic N) is 1. The molecule has 1 heterocycles. The molecule has 1 aliphatic rings. The lowest BCUT2D eigenvalue weighted by Gasteiger charge is -2.24. The summed E-state index contributed by atoms with van der Waals surface area (Å²) in [5, 5.41) is 9.08. The molecule has 3 atom stereocenters. The van der Waals surface area contributed by atoms with Crippen molar-refractivity contribution in [2.45, 2.75) is 25.6 Å². The van der Waals surface area contributed by atoms with Crippen LogP contribution in [-0.4, -0.2) is 35.7 Å². The van der Waals surface area contributed by atoms with Crippen molar-refractivity contribution in [2.75, 3.05) is 11.4 Å². The van der Waals surface area contributed by atoms with E-state index < -0.39 is 18.2 Å². The van der Waals surface area contributed by atoms with Gasteiger partial charge in [0.25, 0.3) is 5.91 Å². The van der Waals surface area contributed by atoms with Crippen molar-refractivity contribution in [1.82, 2.24) is 0 Å². The summed E-state index contributed by atoms with van der Waals surface area (Å²) >= 11 is 0. The van der Waals surface area contributed by atoms with Crippen LogP contribution in [0.4, 0.5) is 5.69 Å². The molecule has 112 valence electrons. The number of hydrogen-bond donors (Lipinski definition) is 1. The van der Waals surface area contributed by atoms with E-state index in [0.29, 0.717) is 13.0 Å². The van der Waals surface area contributed by atoms with Crippen LogP contribution in [-0.2, 0) is 14.3 Å². The summed E-state index contributed by atoms with van der Waals surface area (Å²) in [5.74, 6) is -1.43. The van der Waals surface area contributed by atoms with Crippen LogP contribution < -0.4 is 4.90 Å². The van der Waals surface area contributed by atoms with Crippen molar-refractivity contribution in [3.05, 3.63) is 43.0 Å². The third-order valence-electron chi connectivity index (χ3n) is 3.58. The molecule has 0 aliphatic carbocycles. The highest BCUT2D eigenvalue weighted by molar-refractivity contribution is 5.97. The number of carboxylic acid groups (broad SMARTS) is 1. The van der Waals surface area contributed by atoms with Gasteiger partial charge < -0.3 is 14.7 Å². The van der Waals surface area contributed by atoms with Gasteiger partial charge in [0.2, 0.25) is 0 Å². The van der Waals surface area contributed by atoms with Gasteiger partial charge in [-0.2, -0.15) is 0 Å². The maximum absolute atomic E-state index is 12.6. The first-order valence-corrected chi connectivity index (χ1v) is 6.90. The number of carbonyl (C=O) groups is 2. The molecular formula is C16H19NO4. The van der Waals surface area contributed by atoms with E-state index in [2.05, 4.69) is 6.58 Å². The average Bonchev–Trinajstić information content (AvgIpc) is 2.87. The van der Waals surface area contributed by atoms with Crippen LogP contribution in [0.25, 0.3) is 0 Å². The van der Waals surface area contributed by atoms with Gasteiger partial charge in [0.05, 0.1) is 0 Å². The second-order valence-electron chi connectivity index (χ2n) is 5.17. The highest BCUT2D eigenvalue weighted by atomic mass is 16.5. The van der Waals surface area contributed by atoms with Gasteiger partial charge in [-0.05, 0) is 24.5 Å². The van der Waals surface area contributed by atoms with Crippen LogP contribution in [0.2, 0.25) is 0 Å². The Morgan fingerprint density at radius 3 is 2.62 bits per heavy atom. The Bertz CT molecular complexity index is 528. The van der Waals surface area contributed by atoms with Gasteiger partial charge in [-0.3, -0.25) is 4.79 Å². The van der Waals surface area contributed by atoms with E-state index in [1.54, 1.807) is 17.9 Å². The van der Waals surface area contributed by atoms with Gasteiger partial charge >= 0.3 is 5.97 Å². The lowest BCUT2D eigenvalue weighted by atomic mass is 10.0. The van der Waals surface area contributed by atoms with Crippen molar-refractivity contribution < 1.29 is 19.4 Å². The molecular weight excluding hydrogens is 270 g/mol. The van der Waals surface area contributed by atoms with Crippen LogP contribution >= 0.6 is 0 Å². The van der Waals surface area contributed by atoms with E-state index in [-0.39, 0.29) is 11.8 Å². The zero-order chi connectivity index (χ0) is 15.4. The number of amides is 1. The quantitative estimate of drug-likeness (QED) is 0.843. The number of para-hydroxylation sites is 1. The Labute approximate surface area is 123 Å². The van der Waals surface area contributed by atoms with E-state index in [1.807, 2.05) is 30.3 Å². The summed E-state index contributed by atoms with van der Waals surface area (Å²) in [6.45, 7) is 5.80. The molecule has 0 radical (unpaired) electrons. The van der Waals surface area contributed by atoms with E-state index in [0.717, 1.165) is 5.69 Å². The lowest BCUT2D eigenvalue weighted by Crippen LogP contribution is -2.40. The molecule has 1 amide bonds. The third kappa shape index (κ3) is 3.31. The molecule has 2 rings (SSSR count). The molecule has 5 heteroatoms. The van der Waals surface area contributed by atoms with Crippen molar-refractivity contribution >= 4 is 17.6 Å². The van der Waals surface area contributed by atoms with Crippen molar-refractivity contribution in [3.8, 4) is 0 Å². The topological polar surface area (TPSA) is 66.8 Å². The van der Waals surface area contributed by atoms with Crippen molar-refractivity contribution in [1.29, 1.82) is 0 Å². The van der Waals surface area contributed by atoms with E-state index in [4.69, 9.17) is 9.84 Å². The van der Waals surface area contributed by atoms with Crippen molar-refractivity contribution in [2.24, 2.45) is 5.92 Å². The molecule has 1 N–H and O–H groups in total. The van der Waals surface area contributed by atoms with Gasteiger partial charge in [-0.25, -0.2) is 4.79 Å². The highest BCUT2D eigenvalue weighted by Crippen LogP contribution is 2.28. The Kier molecular flexibility index (Phi) is 4.75. The van der Waals surface area contributed by atoms with Crippen LogP contribution in [0, 0.1) is 5.92 Å². The minimum atomic E-state index is -1.02. The molecule has 1 saturated heterocycles. The molecule has 1 fully saturated rings. The van der Waals surface area contributed by atoms with E-state index in [1.165, 1.54) is 0 Å². The fourth-order valence-corrected chi connectivity index (χ4v) is 2.52. The lowest BCUT2D eigenvalue weighted by molar-refractivity contribution is -0.152. The number of ether oxygens (including phenoxy) is 1. The number of carboxylic acids is 1. The second-order valence-corrected chi connectivity index (χ2v) is 5.17. The maximum Gasteiger partial charge on any atom is 0.333 e. The number of benzene rings is 1. The fourth-order valence-electron chi connectivity index (χ4n) is 2.52. The van der Waals surface area contributed by atoms with Gasteiger partial charge in [0.15, 0.2) is 6.10 Å². The maximum atomic E-state index is 12.6. The van der Waals surface area contributed by atoms with Gasteiger partial charge in [-0.15, -0.1) is 6.58 Å². The average molecular weight is 289 g/mol. The molecule has 1 aliphatic heterocycles. The first kappa shape index (κ1) is 15.3. The van der Waals surface area contributed by atoms with Crippen molar-refractivity contribution in [3.63, 3.8) is 0 Å². The Balaban J connectivity index is 2.17. The van der Waals surface area contributed by atoms with E-state index in [9.17, 15) is 9.59 Å². The number of hydrogen-bond acceptors (Lipinski definition) is 3. The fraction of sp³-hybridized carbons (Fsp3) is 0.375. The minimum Gasteiger partial charge on any atom is -0.479 e. The summed E-state index contributed by atoms with van der Waals surface area (Å²) in [6, 6.07) is 9.21. The van der Waals surface area contributed by atoms with Gasteiger partial charge in [0, 0.05) is 12.2 Å². The molecule has 1 aromatic rings. The Hall–Kier alpha value is -2.14. The first-order chi connectivity index (χ1) is 10.0. The van der Waals surface area contributed by atoms with Gasteiger partial charge in [-0.1, -0.05) is 31.2 Å². The predicted molar refractivity (Wildman–Crippen MR) is 79.1 cm³/mol. The predicted octanol–water partition coefficient (Wildman–Crippen LogP) is 2.08. The summed E-state index contributed by atoms with van der Waals surface area (Å²) in [7, 11) is 0. The molecule has 1 aromatic carbocycles. The van der Waals surface area contributed by atoms with Crippen LogP contribution in [0.3, 0.4) is 0 Å². The molecule has 0 aromatic heterocycles. The normalized spacial score (nSPS) is 24.5. The first-order valence-electron chi connectivity index (χ1n) is 6.90. The number of rotatable bonds is 5. The summed E-state index contributed by atoms with van der Waals surface area (Å²) in [4.78, 5) is 25.3. The SMILES string of the molecule is C=CCN(C(=O)[C@H]1C[C@@H](C)[C@H](C(=O)O)O1)c1ccccc1. The molecule has 0 spiro atoms. The zero-order valence-electron chi connectivity index (χ0n) is 11.9. The molecule has 5 nitrogen and oxygen atoms in total. The zero-order valence-corrected chi connectivity index (χ0v) is 11.9. The molecule has 0 saturated carbocycles. The monoisotopic (exact) mass is 289 g/mol. The Morgan fingerprint density at radius 2 is 2.10 bits per heavy atom. The van der Waals surface area contributed by atoms with Crippen LogP contribution in [0.15, 0.2) is 43.0 Å². The standard InChI is InChI=1S/C16H19NO4/c1-3-9-17(12-7-5-4-6-8-12)15(18)13-10-11(2)14(21-13)16(19)20/h3-8,11,13-14H,1,9-10H2,2H3,(H,19,20)/t11-,13-,14-/m1/s1. The number of aliphatic carboxylic acids is 1. The minimum absolute atomic E-state index is 0.183. The molecule has 0 unspecified atom stereocenters. The highest BCUT2D eigenvalue weighted by Gasteiger charge is 2.41. The largest absolute Gasteiger partial charge is 0.479 e.